The first-order valence-electron chi connectivity index (χ1n) is 6.11. The van der Waals surface area contributed by atoms with Gasteiger partial charge in [0.1, 0.15) is 11.4 Å². The number of pyridine rings is 1. The van der Waals surface area contributed by atoms with Crippen molar-refractivity contribution in [2.24, 2.45) is 0 Å². The molecule has 2 N–H and O–H groups in total. The number of nitrogens with one attached hydrogen (secondary N) is 1. The number of anilines is 1. The summed E-state index contributed by atoms with van der Waals surface area (Å²) in [6.45, 7) is 4.21. The van der Waals surface area contributed by atoms with Crippen molar-refractivity contribution in [1.29, 1.82) is 0 Å². The first-order valence-corrected chi connectivity index (χ1v) is 6.11. The summed E-state index contributed by atoms with van der Waals surface area (Å²) in [5.41, 5.74) is -0.437. The molecule has 2 rings (SSSR count). The monoisotopic (exact) mass is 267 g/mol. The minimum absolute atomic E-state index is 0.0141. The standard InChI is InChI=1S/C12H17N3O4/c1-8-6-13-11(5-10(8)15(17)18)14-7-12(16)3-4-19-9(12)2/h5-6,9,16H,3-4,7H2,1-2H3,(H,13,14). The number of aryl methyl sites for hydroxylation is 1. The van der Waals surface area contributed by atoms with Crippen molar-refractivity contribution in [3.05, 3.63) is 27.9 Å². The highest BCUT2D eigenvalue weighted by Crippen LogP contribution is 2.26. The third-order valence-electron chi connectivity index (χ3n) is 3.51. The van der Waals surface area contributed by atoms with Crippen molar-refractivity contribution in [2.75, 3.05) is 18.5 Å². The molecule has 2 unspecified atom stereocenters. The van der Waals surface area contributed by atoms with Gasteiger partial charge in [0.15, 0.2) is 0 Å². The van der Waals surface area contributed by atoms with Crippen LogP contribution in [0.1, 0.15) is 18.9 Å². The largest absolute Gasteiger partial charge is 0.385 e. The molecular formula is C12H17N3O4. The van der Waals surface area contributed by atoms with E-state index in [0.717, 1.165) is 0 Å². The fraction of sp³-hybridized carbons (Fsp3) is 0.583. The van der Waals surface area contributed by atoms with Gasteiger partial charge in [-0.3, -0.25) is 10.1 Å². The minimum atomic E-state index is -0.957. The van der Waals surface area contributed by atoms with Gasteiger partial charge >= 0.3 is 0 Å². The molecule has 0 spiro atoms. The summed E-state index contributed by atoms with van der Waals surface area (Å²) in [6, 6.07) is 1.37. The number of hydrogen-bond acceptors (Lipinski definition) is 6. The van der Waals surface area contributed by atoms with Crippen LogP contribution in [0.2, 0.25) is 0 Å². The van der Waals surface area contributed by atoms with Crippen molar-refractivity contribution in [3.8, 4) is 0 Å². The zero-order valence-corrected chi connectivity index (χ0v) is 10.9. The van der Waals surface area contributed by atoms with E-state index in [9.17, 15) is 15.2 Å². The van der Waals surface area contributed by atoms with Crippen LogP contribution in [0.4, 0.5) is 11.5 Å². The normalized spacial score (nSPS) is 26.4. The number of aliphatic hydroxyl groups is 1. The maximum Gasteiger partial charge on any atom is 0.277 e. The second kappa shape index (κ2) is 5.10. The van der Waals surface area contributed by atoms with Gasteiger partial charge in [-0.15, -0.1) is 0 Å². The van der Waals surface area contributed by atoms with Gasteiger partial charge in [-0.25, -0.2) is 4.98 Å². The van der Waals surface area contributed by atoms with Gasteiger partial charge in [0, 0.05) is 31.3 Å². The molecule has 0 bridgehead atoms. The Bertz CT molecular complexity index is 494. The zero-order chi connectivity index (χ0) is 14.0. The molecular weight excluding hydrogens is 250 g/mol. The SMILES string of the molecule is Cc1cnc(NCC2(O)CCOC2C)cc1[N+](=O)[O-]. The number of ether oxygens (including phenoxy) is 1. The number of rotatable bonds is 4. The van der Waals surface area contributed by atoms with E-state index in [1.54, 1.807) is 13.8 Å². The fourth-order valence-corrected chi connectivity index (χ4v) is 2.05. The maximum atomic E-state index is 10.8. The minimum Gasteiger partial charge on any atom is -0.385 e. The molecule has 1 aliphatic rings. The molecule has 7 nitrogen and oxygen atoms in total. The molecule has 0 aliphatic carbocycles. The Hall–Kier alpha value is -1.73. The predicted molar refractivity (Wildman–Crippen MR) is 69.1 cm³/mol. The van der Waals surface area contributed by atoms with E-state index in [1.807, 2.05) is 0 Å². The Morgan fingerprint density at radius 2 is 2.47 bits per heavy atom. The van der Waals surface area contributed by atoms with Crippen LogP contribution >= 0.6 is 0 Å². The van der Waals surface area contributed by atoms with Gasteiger partial charge in [-0.2, -0.15) is 0 Å². The second-order valence-corrected chi connectivity index (χ2v) is 4.83. The van der Waals surface area contributed by atoms with Gasteiger partial charge in [0.05, 0.1) is 17.1 Å². The highest BCUT2D eigenvalue weighted by Gasteiger charge is 2.39. The van der Waals surface area contributed by atoms with Gasteiger partial charge in [-0.05, 0) is 13.8 Å². The summed E-state index contributed by atoms with van der Waals surface area (Å²) < 4.78 is 5.32. The molecule has 1 fully saturated rings. The number of nitrogens with zero attached hydrogens (tertiary/aromatic N) is 2. The molecule has 0 aromatic carbocycles. The maximum absolute atomic E-state index is 10.8. The van der Waals surface area contributed by atoms with Crippen molar-refractivity contribution in [2.45, 2.75) is 32.0 Å². The van der Waals surface area contributed by atoms with E-state index in [2.05, 4.69) is 10.3 Å². The van der Waals surface area contributed by atoms with Crippen LogP contribution in [-0.4, -0.2) is 39.9 Å². The van der Waals surface area contributed by atoms with E-state index < -0.39 is 10.5 Å². The predicted octanol–water partition coefficient (Wildman–Crippen LogP) is 1.25. The summed E-state index contributed by atoms with van der Waals surface area (Å²) in [6.07, 6.45) is 1.72. The Kier molecular flexibility index (Phi) is 3.68. The summed E-state index contributed by atoms with van der Waals surface area (Å²) in [5, 5.41) is 24.1. The van der Waals surface area contributed by atoms with Crippen LogP contribution in [0.5, 0.6) is 0 Å². The molecule has 19 heavy (non-hydrogen) atoms. The molecule has 1 saturated heterocycles. The molecule has 7 heteroatoms. The zero-order valence-electron chi connectivity index (χ0n) is 10.9. The lowest BCUT2D eigenvalue weighted by atomic mass is 9.97. The van der Waals surface area contributed by atoms with Crippen molar-refractivity contribution >= 4 is 11.5 Å². The van der Waals surface area contributed by atoms with Crippen LogP contribution < -0.4 is 5.32 Å². The summed E-state index contributed by atoms with van der Waals surface area (Å²) in [7, 11) is 0. The van der Waals surface area contributed by atoms with E-state index in [1.165, 1.54) is 12.3 Å². The van der Waals surface area contributed by atoms with Crippen LogP contribution in [0.3, 0.4) is 0 Å². The molecule has 0 amide bonds. The summed E-state index contributed by atoms with van der Waals surface area (Å²) in [4.78, 5) is 14.5. The summed E-state index contributed by atoms with van der Waals surface area (Å²) >= 11 is 0. The first-order chi connectivity index (χ1) is 8.92. The third-order valence-corrected chi connectivity index (χ3v) is 3.51. The van der Waals surface area contributed by atoms with Crippen LogP contribution in [0, 0.1) is 17.0 Å². The fourth-order valence-electron chi connectivity index (χ4n) is 2.05. The second-order valence-electron chi connectivity index (χ2n) is 4.83. The highest BCUT2D eigenvalue weighted by molar-refractivity contribution is 5.49. The topological polar surface area (TPSA) is 97.5 Å². The molecule has 1 aliphatic heterocycles. The van der Waals surface area contributed by atoms with Crippen LogP contribution in [-0.2, 0) is 4.74 Å². The summed E-state index contributed by atoms with van der Waals surface area (Å²) in [5.74, 6) is 0.379. The lowest BCUT2D eigenvalue weighted by Gasteiger charge is -2.26. The molecule has 2 heterocycles. The molecule has 2 atom stereocenters. The highest BCUT2D eigenvalue weighted by atomic mass is 16.6. The molecule has 1 aromatic heterocycles. The Labute approximate surface area is 110 Å². The van der Waals surface area contributed by atoms with Crippen LogP contribution in [0.25, 0.3) is 0 Å². The lowest BCUT2D eigenvalue weighted by Crippen LogP contribution is -2.43. The lowest BCUT2D eigenvalue weighted by molar-refractivity contribution is -0.385. The Balaban J connectivity index is 2.08. The molecule has 0 saturated carbocycles. The van der Waals surface area contributed by atoms with E-state index in [0.29, 0.717) is 24.4 Å². The number of hydrogen-bond donors (Lipinski definition) is 2. The average Bonchev–Trinajstić information content (AvgIpc) is 2.69. The van der Waals surface area contributed by atoms with Gasteiger partial charge in [-0.1, -0.05) is 0 Å². The quantitative estimate of drug-likeness (QED) is 0.629. The van der Waals surface area contributed by atoms with E-state index in [4.69, 9.17) is 4.74 Å². The van der Waals surface area contributed by atoms with Crippen molar-refractivity contribution in [3.63, 3.8) is 0 Å². The van der Waals surface area contributed by atoms with Crippen molar-refractivity contribution < 1.29 is 14.8 Å². The smallest absolute Gasteiger partial charge is 0.277 e. The Morgan fingerprint density at radius 1 is 1.74 bits per heavy atom. The van der Waals surface area contributed by atoms with E-state index in [-0.39, 0.29) is 18.3 Å². The number of nitro groups is 1. The van der Waals surface area contributed by atoms with E-state index >= 15 is 0 Å². The van der Waals surface area contributed by atoms with Crippen LogP contribution in [0.15, 0.2) is 12.3 Å². The molecule has 0 radical (unpaired) electrons. The van der Waals surface area contributed by atoms with Gasteiger partial charge in [0.25, 0.3) is 5.69 Å². The third kappa shape index (κ3) is 2.82. The molecule has 1 aromatic rings. The average molecular weight is 267 g/mol. The molecule has 104 valence electrons. The first kappa shape index (κ1) is 13.7. The van der Waals surface area contributed by atoms with Gasteiger partial charge < -0.3 is 15.2 Å². The van der Waals surface area contributed by atoms with Crippen molar-refractivity contribution in [1.82, 2.24) is 4.98 Å². The number of aromatic nitrogens is 1. The van der Waals surface area contributed by atoms with Gasteiger partial charge in [0.2, 0.25) is 0 Å². The Morgan fingerprint density at radius 3 is 3.05 bits per heavy atom.